The average Bonchev–Trinajstić information content (AvgIpc) is 2.53. The van der Waals surface area contributed by atoms with Gasteiger partial charge in [0, 0.05) is 11.9 Å². The fourth-order valence-corrected chi connectivity index (χ4v) is 3.59. The molecule has 3 amide bonds. The lowest BCUT2D eigenvalue weighted by Crippen LogP contribution is -2.58. The number of nitrogens with zero attached hydrogens (tertiary/aromatic N) is 1. The maximum Gasteiger partial charge on any atom is 0.325 e. The van der Waals surface area contributed by atoms with E-state index in [-0.39, 0.29) is 23.8 Å². The number of carbonyl (C=O) groups is 2. The molecule has 1 heterocycles. The monoisotopic (exact) mass is 302 g/mol. The third-order valence-corrected chi connectivity index (χ3v) is 4.65. The van der Waals surface area contributed by atoms with Crippen LogP contribution in [0, 0.1) is 11.8 Å². The molecule has 2 fully saturated rings. The van der Waals surface area contributed by atoms with Crippen LogP contribution in [-0.2, 0) is 4.79 Å². The Morgan fingerprint density at radius 2 is 1.94 bits per heavy atom. The first kappa shape index (κ1) is 12.9. The van der Waals surface area contributed by atoms with E-state index in [9.17, 15) is 9.59 Å². The molecule has 4 nitrogen and oxygen atoms in total. The van der Waals surface area contributed by atoms with Crippen molar-refractivity contribution in [1.82, 2.24) is 10.2 Å². The number of urea groups is 1. The second-order valence-corrected chi connectivity index (χ2v) is 5.97. The Morgan fingerprint density at radius 3 is 2.47 bits per heavy atom. The van der Waals surface area contributed by atoms with Crippen LogP contribution in [0.2, 0.25) is 0 Å². The van der Waals surface area contributed by atoms with Crippen molar-refractivity contribution in [2.24, 2.45) is 11.8 Å². The molecule has 96 valence electrons. The molecule has 0 aromatic heterocycles. The summed E-state index contributed by atoms with van der Waals surface area (Å²) in [5, 5.41) is 3.60. The summed E-state index contributed by atoms with van der Waals surface area (Å²) in [6, 6.07) is -0.227. The summed E-state index contributed by atoms with van der Waals surface area (Å²) < 4.78 is 0. The Hall–Kier alpha value is -0.580. The van der Waals surface area contributed by atoms with Crippen molar-refractivity contribution >= 4 is 27.9 Å². The van der Waals surface area contributed by atoms with Gasteiger partial charge in [-0.3, -0.25) is 9.69 Å². The van der Waals surface area contributed by atoms with E-state index in [0.29, 0.717) is 11.9 Å². The molecule has 1 saturated heterocycles. The van der Waals surface area contributed by atoms with Gasteiger partial charge in [-0.25, -0.2) is 4.79 Å². The number of alkyl halides is 1. The molecular weight excluding hydrogens is 284 g/mol. The van der Waals surface area contributed by atoms with Crippen LogP contribution < -0.4 is 5.32 Å². The largest absolute Gasteiger partial charge is 0.325 e. The second-order valence-electron chi connectivity index (χ2n) is 5.18. The molecule has 0 bridgehead atoms. The molecule has 0 aromatic rings. The minimum absolute atomic E-state index is 0.0262. The quantitative estimate of drug-likeness (QED) is 0.627. The van der Waals surface area contributed by atoms with Gasteiger partial charge < -0.3 is 5.32 Å². The van der Waals surface area contributed by atoms with Crippen molar-refractivity contribution in [2.45, 2.75) is 38.6 Å². The molecule has 0 aromatic carbocycles. The number of rotatable bonds is 2. The summed E-state index contributed by atoms with van der Waals surface area (Å²) >= 11 is 3.28. The van der Waals surface area contributed by atoms with Crippen molar-refractivity contribution < 1.29 is 9.59 Å². The van der Waals surface area contributed by atoms with Gasteiger partial charge in [0.15, 0.2) is 0 Å². The molecule has 2 atom stereocenters. The lowest BCUT2D eigenvalue weighted by molar-refractivity contribution is -0.136. The second kappa shape index (κ2) is 4.59. The number of carbonyl (C=O) groups excluding carboxylic acids is 2. The molecule has 1 N–H and O–H groups in total. The SMILES string of the molecule is CC1CCCC(C)C12NC(=O)N(CCBr)C2=O. The van der Waals surface area contributed by atoms with Crippen molar-refractivity contribution in [3.63, 3.8) is 0 Å². The van der Waals surface area contributed by atoms with Crippen LogP contribution in [0.15, 0.2) is 0 Å². The standard InChI is InChI=1S/C12H19BrN2O2/c1-8-4-3-5-9(2)12(8)10(16)15(7-6-13)11(17)14-12/h8-9H,3-7H2,1-2H3,(H,14,17). The van der Waals surface area contributed by atoms with Crippen LogP contribution in [0.3, 0.4) is 0 Å². The van der Waals surface area contributed by atoms with E-state index >= 15 is 0 Å². The van der Waals surface area contributed by atoms with E-state index in [1.54, 1.807) is 0 Å². The van der Waals surface area contributed by atoms with E-state index in [4.69, 9.17) is 0 Å². The third-order valence-electron chi connectivity index (χ3n) is 4.29. The fourth-order valence-electron chi connectivity index (χ4n) is 3.24. The fraction of sp³-hybridized carbons (Fsp3) is 0.833. The van der Waals surface area contributed by atoms with Crippen molar-refractivity contribution in [3.8, 4) is 0 Å². The van der Waals surface area contributed by atoms with Gasteiger partial charge in [-0.2, -0.15) is 0 Å². The molecular formula is C12H19BrN2O2. The summed E-state index contributed by atoms with van der Waals surface area (Å²) in [5.41, 5.74) is -0.641. The predicted molar refractivity (Wildman–Crippen MR) is 68.9 cm³/mol. The van der Waals surface area contributed by atoms with E-state index in [0.717, 1.165) is 19.3 Å². The molecule has 0 radical (unpaired) electrons. The zero-order valence-electron chi connectivity index (χ0n) is 10.3. The first-order valence-corrected chi connectivity index (χ1v) is 7.36. The highest BCUT2D eigenvalue weighted by atomic mass is 79.9. The lowest BCUT2D eigenvalue weighted by Gasteiger charge is -2.42. The topological polar surface area (TPSA) is 49.4 Å². The van der Waals surface area contributed by atoms with Crippen molar-refractivity contribution in [2.75, 3.05) is 11.9 Å². The zero-order valence-corrected chi connectivity index (χ0v) is 11.9. The molecule has 2 rings (SSSR count). The number of imide groups is 1. The van der Waals surface area contributed by atoms with Crippen LogP contribution in [0.5, 0.6) is 0 Å². The summed E-state index contributed by atoms with van der Waals surface area (Å²) in [7, 11) is 0. The van der Waals surface area contributed by atoms with Gasteiger partial charge in [-0.15, -0.1) is 0 Å². The first-order chi connectivity index (χ1) is 8.04. The Morgan fingerprint density at radius 1 is 1.35 bits per heavy atom. The summed E-state index contributed by atoms with van der Waals surface area (Å²) in [5.74, 6) is 0.424. The van der Waals surface area contributed by atoms with E-state index in [1.165, 1.54) is 4.90 Å². The van der Waals surface area contributed by atoms with E-state index < -0.39 is 5.54 Å². The molecule has 5 heteroatoms. The molecule has 2 unspecified atom stereocenters. The smallest absolute Gasteiger partial charge is 0.323 e. The Kier molecular flexibility index (Phi) is 3.48. The van der Waals surface area contributed by atoms with Gasteiger partial charge in [0.25, 0.3) is 5.91 Å². The summed E-state index contributed by atoms with van der Waals surface area (Å²) in [6.07, 6.45) is 3.17. The predicted octanol–water partition coefficient (Wildman–Crippen LogP) is 2.13. The van der Waals surface area contributed by atoms with Crippen LogP contribution in [-0.4, -0.2) is 34.3 Å². The number of hydrogen-bond donors (Lipinski definition) is 1. The van der Waals surface area contributed by atoms with E-state index in [2.05, 4.69) is 35.1 Å². The Balaban J connectivity index is 2.31. The molecule has 1 spiro atoms. The molecule has 1 saturated carbocycles. The van der Waals surface area contributed by atoms with Gasteiger partial charge in [-0.1, -0.05) is 36.2 Å². The third kappa shape index (κ3) is 1.79. The number of amides is 3. The van der Waals surface area contributed by atoms with E-state index in [1.807, 2.05) is 0 Å². The zero-order chi connectivity index (χ0) is 12.6. The molecule has 1 aliphatic carbocycles. The highest BCUT2D eigenvalue weighted by Crippen LogP contribution is 2.42. The van der Waals surface area contributed by atoms with Crippen LogP contribution in [0.4, 0.5) is 4.79 Å². The van der Waals surface area contributed by atoms with Crippen molar-refractivity contribution in [3.05, 3.63) is 0 Å². The van der Waals surface area contributed by atoms with Crippen molar-refractivity contribution in [1.29, 1.82) is 0 Å². The lowest BCUT2D eigenvalue weighted by atomic mass is 9.67. The van der Waals surface area contributed by atoms with Gasteiger partial charge in [0.1, 0.15) is 5.54 Å². The van der Waals surface area contributed by atoms with Gasteiger partial charge in [0.2, 0.25) is 0 Å². The minimum atomic E-state index is -0.641. The van der Waals surface area contributed by atoms with Gasteiger partial charge in [-0.05, 0) is 24.7 Å². The summed E-state index contributed by atoms with van der Waals surface area (Å²) in [6.45, 7) is 4.60. The average molecular weight is 303 g/mol. The highest BCUT2D eigenvalue weighted by Gasteiger charge is 2.57. The molecule has 2 aliphatic rings. The van der Waals surface area contributed by atoms with Crippen LogP contribution >= 0.6 is 15.9 Å². The minimum Gasteiger partial charge on any atom is -0.323 e. The highest BCUT2D eigenvalue weighted by molar-refractivity contribution is 9.09. The first-order valence-electron chi connectivity index (χ1n) is 6.24. The summed E-state index contributed by atoms with van der Waals surface area (Å²) in [4.78, 5) is 25.8. The Bertz CT molecular complexity index is 335. The molecule has 1 aliphatic heterocycles. The normalized spacial score (nSPS) is 37.7. The maximum absolute atomic E-state index is 12.5. The Labute approximate surface area is 110 Å². The molecule has 17 heavy (non-hydrogen) atoms. The maximum atomic E-state index is 12.5. The number of hydrogen-bond acceptors (Lipinski definition) is 2. The number of halogens is 1. The van der Waals surface area contributed by atoms with Gasteiger partial charge in [0.05, 0.1) is 0 Å². The number of nitrogens with one attached hydrogen (secondary N) is 1. The van der Waals surface area contributed by atoms with Crippen LogP contribution in [0.1, 0.15) is 33.1 Å². The van der Waals surface area contributed by atoms with Crippen LogP contribution in [0.25, 0.3) is 0 Å². The van der Waals surface area contributed by atoms with Gasteiger partial charge >= 0.3 is 6.03 Å².